The minimum Gasteiger partial charge on any atom is -0.369 e. The van der Waals surface area contributed by atoms with E-state index in [1.807, 2.05) is 11.3 Å². The van der Waals surface area contributed by atoms with E-state index in [9.17, 15) is 8.42 Å². The number of hydrogen-bond acceptors (Lipinski definition) is 5. The first-order valence-electron chi connectivity index (χ1n) is 8.23. The van der Waals surface area contributed by atoms with E-state index in [4.69, 9.17) is 4.74 Å². The van der Waals surface area contributed by atoms with Crippen LogP contribution >= 0.6 is 11.3 Å². The number of aryl methyl sites for hydroxylation is 1. The lowest BCUT2D eigenvalue weighted by Crippen LogP contribution is -2.46. The number of hydrogen-bond donors (Lipinski definition) is 1. The second-order valence-electron chi connectivity index (χ2n) is 6.92. The summed E-state index contributed by atoms with van der Waals surface area (Å²) in [6, 6.07) is 2.18. The molecule has 1 spiro atoms. The van der Waals surface area contributed by atoms with Gasteiger partial charge in [-0.1, -0.05) is 0 Å². The quantitative estimate of drug-likeness (QED) is 0.876. The van der Waals surface area contributed by atoms with Gasteiger partial charge in [-0.15, -0.1) is 11.3 Å². The minimum atomic E-state index is -3.15. The van der Waals surface area contributed by atoms with E-state index in [1.165, 1.54) is 16.7 Å². The fourth-order valence-corrected chi connectivity index (χ4v) is 5.08. The zero-order valence-corrected chi connectivity index (χ0v) is 15.5. The van der Waals surface area contributed by atoms with Crippen molar-refractivity contribution in [3.63, 3.8) is 0 Å². The molecule has 3 heterocycles. The van der Waals surface area contributed by atoms with E-state index in [-0.39, 0.29) is 11.7 Å². The molecule has 1 N–H and O–H groups in total. The van der Waals surface area contributed by atoms with Crippen molar-refractivity contribution in [2.75, 3.05) is 25.9 Å². The fourth-order valence-electron chi connectivity index (χ4n) is 3.64. The second kappa shape index (κ2) is 6.80. The summed E-state index contributed by atoms with van der Waals surface area (Å²) in [6.45, 7) is 5.58. The van der Waals surface area contributed by atoms with Gasteiger partial charge >= 0.3 is 0 Å². The summed E-state index contributed by atoms with van der Waals surface area (Å²) in [7, 11) is -3.15. The smallest absolute Gasteiger partial charge is 0.208 e. The van der Waals surface area contributed by atoms with Crippen LogP contribution < -0.4 is 4.72 Å². The Morgan fingerprint density at radius 3 is 3.00 bits per heavy atom. The Hall–Kier alpha value is -0.470. The van der Waals surface area contributed by atoms with Gasteiger partial charge in [0.2, 0.25) is 10.0 Å². The molecular formula is C16H26N2O3S2. The average Bonchev–Trinajstić information content (AvgIpc) is 3.04. The van der Waals surface area contributed by atoms with Crippen molar-refractivity contribution in [3.8, 4) is 0 Å². The molecule has 2 atom stereocenters. The molecule has 23 heavy (non-hydrogen) atoms. The van der Waals surface area contributed by atoms with Crippen LogP contribution in [0.2, 0.25) is 0 Å². The average molecular weight is 359 g/mol. The van der Waals surface area contributed by atoms with E-state index in [0.717, 1.165) is 45.3 Å². The van der Waals surface area contributed by atoms with Crippen molar-refractivity contribution in [1.82, 2.24) is 9.62 Å². The molecule has 1 aromatic heterocycles. The molecule has 2 aliphatic heterocycles. The third-order valence-corrected chi connectivity index (χ3v) is 6.58. The standard InChI is InChI=1S/C16H26N2O3S2/c1-13-5-9-22-15(13)11-18-8-7-16(12-18)6-3-4-14(21-16)10-17-23(2,19)20/h5,9,14,17H,3-4,6-8,10-12H2,1-2H3/t14-,16-/m1/s1. The molecule has 2 fully saturated rings. The first-order chi connectivity index (χ1) is 10.9. The largest absolute Gasteiger partial charge is 0.369 e. The highest BCUT2D eigenvalue weighted by Gasteiger charge is 2.43. The maximum atomic E-state index is 11.3. The van der Waals surface area contributed by atoms with Crippen molar-refractivity contribution >= 4 is 21.4 Å². The molecule has 0 aliphatic carbocycles. The molecule has 3 rings (SSSR count). The zero-order valence-electron chi connectivity index (χ0n) is 13.9. The molecule has 0 saturated carbocycles. The van der Waals surface area contributed by atoms with E-state index in [1.54, 1.807) is 0 Å². The van der Waals surface area contributed by atoms with Gasteiger partial charge in [0.15, 0.2) is 0 Å². The summed E-state index contributed by atoms with van der Waals surface area (Å²) in [5.74, 6) is 0. The van der Waals surface area contributed by atoms with Crippen LogP contribution in [0.1, 0.15) is 36.1 Å². The number of sulfonamides is 1. The van der Waals surface area contributed by atoms with Gasteiger partial charge in [0, 0.05) is 31.1 Å². The Kier molecular flexibility index (Phi) is 5.13. The predicted octanol–water partition coefficient (Wildman–Crippen LogP) is 2.12. The Morgan fingerprint density at radius 1 is 1.48 bits per heavy atom. The van der Waals surface area contributed by atoms with Gasteiger partial charge in [0.1, 0.15) is 0 Å². The predicted molar refractivity (Wildman–Crippen MR) is 93.3 cm³/mol. The third kappa shape index (κ3) is 4.54. The SMILES string of the molecule is Cc1ccsc1CN1CC[C@]2(CCC[C@H](CNS(C)(=O)=O)O2)C1. The van der Waals surface area contributed by atoms with Crippen LogP contribution in [0, 0.1) is 6.92 Å². The van der Waals surface area contributed by atoms with Gasteiger partial charge in [-0.2, -0.15) is 0 Å². The molecule has 0 bridgehead atoms. The van der Waals surface area contributed by atoms with E-state index < -0.39 is 10.0 Å². The van der Waals surface area contributed by atoms with Crippen molar-refractivity contribution in [3.05, 3.63) is 21.9 Å². The van der Waals surface area contributed by atoms with E-state index >= 15 is 0 Å². The van der Waals surface area contributed by atoms with Gasteiger partial charge in [-0.05, 0) is 49.6 Å². The van der Waals surface area contributed by atoms with Crippen LogP contribution in [0.25, 0.3) is 0 Å². The Bertz CT molecular complexity index is 644. The van der Waals surface area contributed by atoms with Gasteiger partial charge < -0.3 is 4.74 Å². The minimum absolute atomic E-state index is 0.00176. The number of ether oxygens (including phenoxy) is 1. The van der Waals surface area contributed by atoms with Gasteiger partial charge in [-0.3, -0.25) is 4.90 Å². The number of rotatable bonds is 5. The molecule has 130 valence electrons. The summed E-state index contributed by atoms with van der Waals surface area (Å²) >= 11 is 1.82. The van der Waals surface area contributed by atoms with Gasteiger partial charge in [0.05, 0.1) is 18.0 Å². The molecule has 0 radical (unpaired) electrons. The molecule has 7 heteroatoms. The first-order valence-corrected chi connectivity index (χ1v) is 11.0. The molecule has 1 aromatic rings. The van der Waals surface area contributed by atoms with E-state index in [2.05, 4.69) is 28.0 Å². The fraction of sp³-hybridized carbons (Fsp3) is 0.750. The van der Waals surface area contributed by atoms with Crippen LogP contribution in [-0.2, 0) is 21.3 Å². The topological polar surface area (TPSA) is 58.6 Å². The highest BCUT2D eigenvalue weighted by molar-refractivity contribution is 7.88. The molecule has 0 aromatic carbocycles. The highest BCUT2D eigenvalue weighted by Crippen LogP contribution is 2.37. The first kappa shape index (κ1) is 17.4. The summed E-state index contributed by atoms with van der Waals surface area (Å²) in [6.07, 6.45) is 5.39. The number of nitrogens with zero attached hydrogens (tertiary/aromatic N) is 1. The van der Waals surface area contributed by atoms with Crippen LogP contribution in [0.4, 0.5) is 0 Å². The normalized spacial score (nSPS) is 29.4. The number of nitrogens with one attached hydrogen (secondary N) is 1. The lowest BCUT2D eigenvalue weighted by molar-refractivity contribution is -0.118. The van der Waals surface area contributed by atoms with Crippen molar-refractivity contribution in [1.29, 1.82) is 0 Å². The van der Waals surface area contributed by atoms with Gasteiger partial charge in [-0.25, -0.2) is 13.1 Å². The molecule has 0 amide bonds. The maximum Gasteiger partial charge on any atom is 0.208 e. The molecule has 5 nitrogen and oxygen atoms in total. The summed E-state index contributed by atoms with van der Waals surface area (Å²) in [4.78, 5) is 3.92. The van der Waals surface area contributed by atoms with Crippen LogP contribution in [-0.4, -0.2) is 50.9 Å². The molecular weight excluding hydrogens is 332 g/mol. The molecule has 2 saturated heterocycles. The Balaban J connectivity index is 1.56. The third-order valence-electron chi connectivity index (χ3n) is 4.88. The molecule has 0 unspecified atom stereocenters. The lowest BCUT2D eigenvalue weighted by atomic mass is 9.90. The lowest BCUT2D eigenvalue weighted by Gasteiger charge is -2.38. The van der Waals surface area contributed by atoms with Crippen LogP contribution in [0.15, 0.2) is 11.4 Å². The summed E-state index contributed by atoms with van der Waals surface area (Å²) < 4.78 is 31.5. The second-order valence-corrected chi connectivity index (χ2v) is 9.76. The maximum absolute atomic E-state index is 11.3. The monoisotopic (exact) mass is 358 g/mol. The van der Waals surface area contributed by atoms with Gasteiger partial charge in [0.25, 0.3) is 0 Å². The Labute approximate surface area is 143 Å². The zero-order chi connectivity index (χ0) is 16.5. The van der Waals surface area contributed by atoms with Crippen LogP contribution in [0.3, 0.4) is 0 Å². The number of thiophene rings is 1. The van der Waals surface area contributed by atoms with Crippen molar-refractivity contribution in [2.24, 2.45) is 0 Å². The summed E-state index contributed by atoms with van der Waals surface area (Å²) in [5.41, 5.74) is 1.29. The summed E-state index contributed by atoms with van der Waals surface area (Å²) in [5, 5.41) is 2.15. The van der Waals surface area contributed by atoms with Crippen molar-refractivity contribution < 1.29 is 13.2 Å². The van der Waals surface area contributed by atoms with Crippen molar-refractivity contribution in [2.45, 2.75) is 50.9 Å². The van der Waals surface area contributed by atoms with Crippen LogP contribution in [0.5, 0.6) is 0 Å². The van der Waals surface area contributed by atoms with E-state index in [0.29, 0.717) is 6.54 Å². The Morgan fingerprint density at radius 2 is 2.30 bits per heavy atom. The highest BCUT2D eigenvalue weighted by atomic mass is 32.2. The molecule has 2 aliphatic rings. The number of likely N-dealkylation sites (tertiary alicyclic amines) is 1.